The number of carbonyl (C=O) groups is 2. The third-order valence-electron chi connectivity index (χ3n) is 6.67. The fourth-order valence-electron chi connectivity index (χ4n) is 4.66. The molecule has 5 rings (SSSR count). The van der Waals surface area contributed by atoms with Crippen molar-refractivity contribution in [1.29, 1.82) is 0 Å². The Hall–Kier alpha value is -4.67. The molecule has 0 saturated carbocycles. The predicted molar refractivity (Wildman–Crippen MR) is 140 cm³/mol. The summed E-state index contributed by atoms with van der Waals surface area (Å²) in [6.45, 7) is 0.267. The molecule has 8 nitrogen and oxygen atoms in total. The van der Waals surface area contributed by atoms with E-state index in [1.807, 2.05) is 0 Å². The highest BCUT2D eigenvalue weighted by molar-refractivity contribution is 6.00. The van der Waals surface area contributed by atoms with E-state index < -0.39 is 35.2 Å². The Morgan fingerprint density at radius 3 is 2.44 bits per heavy atom. The van der Waals surface area contributed by atoms with Gasteiger partial charge in [0.25, 0.3) is 11.8 Å². The Bertz CT molecular complexity index is 1530. The van der Waals surface area contributed by atoms with Crippen LogP contribution in [0.25, 0.3) is 22.3 Å². The average Bonchev–Trinajstić information content (AvgIpc) is 3.57. The van der Waals surface area contributed by atoms with Crippen molar-refractivity contribution >= 4 is 17.6 Å². The van der Waals surface area contributed by atoms with Crippen LogP contribution in [0.2, 0.25) is 0 Å². The smallest absolute Gasteiger partial charge is 0.383 e. The van der Waals surface area contributed by atoms with Gasteiger partial charge in [0.05, 0.1) is 22.9 Å². The highest BCUT2D eigenvalue weighted by atomic mass is 19.4. The Kier molecular flexibility index (Phi) is 6.81. The van der Waals surface area contributed by atoms with E-state index in [1.54, 1.807) is 66.7 Å². The molecule has 3 heterocycles. The normalized spacial score (nSPS) is 15.4. The van der Waals surface area contributed by atoms with Gasteiger partial charge in [0.2, 0.25) is 0 Å². The number of carbonyl (C=O) groups excluding carboxylic acids is 2. The number of hydrogen-bond acceptors (Lipinski definition) is 5. The molecule has 0 spiro atoms. The monoisotopic (exact) mass is 534 g/mol. The van der Waals surface area contributed by atoms with Crippen LogP contribution in [-0.4, -0.2) is 50.6 Å². The number of likely N-dealkylation sites (tertiary alicyclic amines) is 1. The summed E-state index contributed by atoms with van der Waals surface area (Å²) >= 11 is 0. The summed E-state index contributed by atoms with van der Waals surface area (Å²) in [4.78, 5) is 31.6. The van der Waals surface area contributed by atoms with Crippen LogP contribution in [0.4, 0.5) is 19.0 Å². The predicted octanol–water partition coefficient (Wildman–Crippen LogP) is 4.39. The molecular formula is C28H25F3N6O2. The number of alkyl halides is 3. The maximum atomic E-state index is 14.0. The highest BCUT2D eigenvalue weighted by Crippen LogP contribution is 2.36. The Balaban J connectivity index is 1.31. The first-order valence-corrected chi connectivity index (χ1v) is 12.2. The van der Waals surface area contributed by atoms with Crippen LogP contribution in [0.5, 0.6) is 0 Å². The average molecular weight is 535 g/mol. The Morgan fingerprint density at radius 1 is 0.974 bits per heavy atom. The van der Waals surface area contributed by atoms with Crippen LogP contribution in [0.15, 0.2) is 73.2 Å². The maximum Gasteiger partial charge on any atom is 0.417 e. The third kappa shape index (κ3) is 5.47. The molecule has 1 aliphatic heterocycles. The molecule has 0 bridgehead atoms. The quantitative estimate of drug-likeness (QED) is 0.395. The number of pyridine rings is 1. The standard InChI is InChI=1S/C28H25F3N6O2/c1-36-15-20(14-34-36)19-11-23(25(32)33-13-19)26(38)35-21-9-10-37(16-21)27(39)22-8-7-18(12-24(22)28(29,30)31)17-5-3-2-4-6-17/h2-8,11-15,21H,9-10,16H2,1H3,(H2,32,33)(H,35,38). The second-order valence-corrected chi connectivity index (χ2v) is 9.39. The van der Waals surface area contributed by atoms with Gasteiger partial charge < -0.3 is 16.0 Å². The molecule has 3 N–H and O–H groups in total. The summed E-state index contributed by atoms with van der Waals surface area (Å²) in [5.41, 5.74) is 7.09. The lowest BCUT2D eigenvalue weighted by atomic mass is 9.98. The molecule has 1 fully saturated rings. The Morgan fingerprint density at radius 2 is 1.74 bits per heavy atom. The molecule has 11 heteroatoms. The number of benzene rings is 2. The molecule has 4 aromatic rings. The molecule has 200 valence electrons. The van der Waals surface area contributed by atoms with Crippen LogP contribution in [0.1, 0.15) is 32.7 Å². The van der Waals surface area contributed by atoms with Gasteiger partial charge in [0, 0.05) is 49.7 Å². The van der Waals surface area contributed by atoms with E-state index >= 15 is 0 Å². The summed E-state index contributed by atoms with van der Waals surface area (Å²) in [7, 11) is 1.77. The molecule has 2 aromatic carbocycles. The van der Waals surface area contributed by atoms with E-state index in [0.717, 1.165) is 11.6 Å². The number of amides is 2. The van der Waals surface area contributed by atoms with Crippen LogP contribution >= 0.6 is 0 Å². The second-order valence-electron chi connectivity index (χ2n) is 9.39. The number of nitrogen functional groups attached to an aromatic ring is 1. The minimum absolute atomic E-state index is 0.0411. The Labute approximate surface area is 222 Å². The summed E-state index contributed by atoms with van der Waals surface area (Å²) in [6, 6.07) is 13.5. The van der Waals surface area contributed by atoms with Gasteiger partial charge in [-0.1, -0.05) is 36.4 Å². The van der Waals surface area contributed by atoms with Crippen molar-refractivity contribution in [2.24, 2.45) is 7.05 Å². The van der Waals surface area contributed by atoms with Gasteiger partial charge in [0.1, 0.15) is 5.82 Å². The topological polar surface area (TPSA) is 106 Å². The minimum Gasteiger partial charge on any atom is -0.383 e. The largest absolute Gasteiger partial charge is 0.417 e. The van der Waals surface area contributed by atoms with E-state index in [2.05, 4.69) is 15.4 Å². The van der Waals surface area contributed by atoms with Gasteiger partial charge >= 0.3 is 6.18 Å². The van der Waals surface area contributed by atoms with Crippen LogP contribution in [0.3, 0.4) is 0 Å². The maximum absolute atomic E-state index is 14.0. The van der Waals surface area contributed by atoms with E-state index in [4.69, 9.17) is 5.73 Å². The molecule has 2 amide bonds. The zero-order valence-electron chi connectivity index (χ0n) is 20.9. The van der Waals surface area contributed by atoms with E-state index in [0.29, 0.717) is 23.1 Å². The zero-order valence-corrected chi connectivity index (χ0v) is 20.9. The lowest BCUT2D eigenvalue weighted by molar-refractivity contribution is -0.138. The van der Waals surface area contributed by atoms with Gasteiger partial charge in [-0.05, 0) is 35.7 Å². The van der Waals surface area contributed by atoms with Gasteiger partial charge in [-0.2, -0.15) is 18.3 Å². The number of rotatable bonds is 5. The number of halogens is 3. The fourth-order valence-corrected chi connectivity index (χ4v) is 4.66. The molecule has 0 radical (unpaired) electrons. The fraction of sp³-hybridized carbons (Fsp3) is 0.214. The van der Waals surface area contributed by atoms with Crippen molar-refractivity contribution < 1.29 is 22.8 Å². The van der Waals surface area contributed by atoms with Gasteiger partial charge in [-0.25, -0.2) is 4.98 Å². The van der Waals surface area contributed by atoms with Gasteiger partial charge in [-0.3, -0.25) is 14.3 Å². The van der Waals surface area contributed by atoms with Crippen molar-refractivity contribution in [1.82, 2.24) is 25.0 Å². The van der Waals surface area contributed by atoms with Crippen molar-refractivity contribution in [3.05, 3.63) is 89.9 Å². The number of nitrogens with zero attached hydrogens (tertiary/aromatic N) is 4. The highest BCUT2D eigenvalue weighted by Gasteiger charge is 2.38. The van der Waals surface area contributed by atoms with Gasteiger partial charge in [0.15, 0.2) is 0 Å². The van der Waals surface area contributed by atoms with E-state index in [1.165, 1.54) is 17.0 Å². The van der Waals surface area contributed by atoms with E-state index in [9.17, 15) is 22.8 Å². The van der Waals surface area contributed by atoms with E-state index in [-0.39, 0.29) is 24.5 Å². The summed E-state index contributed by atoms with van der Waals surface area (Å²) in [6.07, 6.45) is 0.623. The number of anilines is 1. The number of aryl methyl sites for hydroxylation is 1. The van der Waals surface area contributed by atoms with Crippen molar-refractivity contribution in [2.45, 2.75) is 18.6 Å². The summed E-state index contributed by atoms with van der Waals surface area (Å²) in [5.74, 6) is -1.17. The second kappa shape index (κ2) is 10.2. The van der Waals surface area contributed by atoms with Crippen LogP contribution in [-0.2, 0) is 13.2 Å². The molecule has 1 aliphatic rings. The van der Waals surface area contributed by atoms with Crippen LogP contribution in [0, 0.1) is 0 Å². The third-order valence-corrected chi connectivity index (χ3v) is 6.67. The molecule has 0 aliphatic carbocycles. The van der Waals surface area contributed by atoms with Crippen molar-refractivity contribution in [3.63, 3.8) is 0 Å². The number of aromatic nitrogens is 3. The molecule has 1 atom stereocenters. The number of nitrogens with one attached hydrogen (secondary N) is 1. The summed E-state index contributed by atoms with van der Waals surface area (Å²) in [5, 5.41) is 6.95. The summed E-state index contributed by atoms with van der Waals surface area (Å²) < 4.78 is 43.5. The number of nitrogens with two attached hydrogens (primary N) is 1. The molecule has 1 saturated heterocycles. The van der Waals surface area contributed by atoms with Crippen molar-refractivity contribution in [3.8, 4) is 22.3 Å². The zero-order chi connectivity index (χ0) is 27.7. The first-order valence-electron chi connectivity index (χ1n) is 12.2. The lowest BCUT2D eigenvalue weighted by Crippen LogP contribution is -2.39. The first-order chi connectivity index (χ1) is 18.6. The molecular weight excluding hydrogens is 509 g/mol. The minimum atomic E-state index is -4.72. The van der Waals surface area contributed by atoms with Gasteiger partial charge in [-0.15, -0.1) is 0 Å². The van der Waals surface area contributed by atoms with Crippen LogP contribution < -0.4 is 11.1 Å². The lowest BCUT2D eigenvalue weighted by Gasteiger charge is -2.21. The molecule has 1 unspecified atom stereocenters. The number of hydrogen-bond donors (Lipinski definition) is 2. The molecule has 39 heavy (non-hydrogen) atoms. The van der Waals surface area contributed by atoms with Crippen molar-refractivity contribution in [2.75, 3.05) is 18.8 Å². The first kappa shape index (κ1) is 26.0. The molecule has 2 aromatic heterocycles. The SMILES string of the molecule is Cn1cc(-c2cnc(N)c(C(=O)NC3CCN(C(=O)c4ccc(-c5ccccc5)cc4C(F)(F)F)C3)c2)cn1.